The van der Waals surface area contributed by atoms with E-state index < -0.39 is 24.1 Å². The Hall–Kier alpha value is -4.62. The number of para-hydroxylation sites is 1. The highest BCUT2D eigenvalue weighted by Crippen LogP contribution is 2.29. The Balaban J connectivity index is 1.12. The van der Waals surface area contributed by atoms with Gasteiger partial charge in [0.05, 0.1) is 12.3 Å². The first-order valence-corrected chi connectivity index (χ1v) is 19.7. The molecule has 2 saturated heterocycles. The quantitative estimate of drug-likeness (QED) is 0.244. The molecule has 2 aliphatic heterocycles. The summed E-state index contributed by atoms with van der Waals surface area (Å²) in [6.45, 7) is 3.51. The van der Waals surface area contributed by atoms with Crippen LogP contribution in [0.25, 0.3) is 5.69 Å². The first kappa shape index (κ1) is 38.1. The lowest BCUT2D eigenvalue weighted by atomic mass is 9.83. The molecule has 2 atom stereocenters. The van der Waals surface area contributed by atoms with Crippen LogP contribution in [0.3, 0.4) is 0 Å². The number of piperidine rings is 1. The van der Waals surface area contributed by atoms with Crippen LogP contribution >= 0.6 is 0 Å². The van der Waals surface area contributed by atoms with Crippen LogP contribution in [0.15, 0.2) is 36.4 Å². The third-order valence-corrected chi connectivity index (χ3v) is 11.1. The van der Waals surface area contributed by atoms with Crippen LogP contribution < -0.4 is 20.7 Å². The minimum Gasteiger partial charge on any atom is -0.467 e. The van der Waals surface area contributed by atoms with Gasteiger partial charge in [0.2, 0.25) is 17.7 Å². The van der Waals surface area contributed by atoms with Crippen LogP contribution in [0, 0.1) is 5.92 Å². The summed E-state index contributed by atoms with van der Waals surface area (Å²) in [5.74, 6) is -0.853. The summed E-state index contributed by atoms with van der Waals surface area (Å²) in [5, 5.41) is 13.6. The third-order valence-electron chi connectivity index (χ3n) is 11.1. The fourth-order valence-corrected chi connectivity index (χ4v) is 7.76. The number of nitrogens with zero attached hydrogens (tertiary/aromatic N) is 4. The summed E-state index contributed by atoms with van der Waals surface area (Å²) >= 11 is 0. The van der Waals surface area contributed by atoms with Crippen LogP contribution in [0.1, 0.15) is 107 Å². The summed E-state index contributed by atoms with van der Waals surface area (Å²) in [5.41, 5.74) is 0.701. The van der Waals surface area contributed by atoms with Crippen molar-refractivity contribution >= 4 is 29.7 Å². The highest BCUT2D eigenvalue weighted by atomic mass is 16.5. The summed E-state index contributed by atoms with van der Waals surface area (Å²) < 4.78 is 12.8. The summed E-state index contributed by atoms with van der Waals surface area (Å²) in [6, 6.07) is 9.56. The molecule has 288 valence electrons. The Morgan fingerprint density at radius 2 is 1.58 bits per heavy atom. The minimum absolute atomic E-state index is 0.0101. The molecule has 2 aliphatic carbocycles. The van der Waals surface area contributed by atoms with E-state index in [4.69, 9.17) is 9.47 Å². The zero-order valence-corrected chi connectivity index (χ0v) is 30.9. The second-order valence-corrected chi connectivity index (χ2v) is 14.9. The number of benzene rings is 1. The number of carbonyl (C=O) groups excluding carboxylic acids is 5. The number of nitrogens with one attached hydrogen (secondary N) is 3. The standard InChI is InChI=1S/C39H55N7O7/c1-2-3-24-52-39(51)41-29-19-22-44(23-20-29)38(50)35(27-12-6-4-7-13-27)42-36(48)31-25-34(46(43-31)30-16-8-5-9-17-30)53-26-33(47)45-21-11-18-32(45)37(49)40-28-14-10-15-28/h5,8-9,16-17,25,27-29,32,35H,2-4,6-7,10-15,18-24,26H2,1H3,(H,40,49)(H,41,51)(H,42,48). The van der Waals surface area contributed by atoms with Crippen molar-refractivity contribution in [1.82, 2.24) is 35.5 Å². The fraction of sp³-hybridized carbons (Fsp3) is 0.641. The van der Waals surface area contributed by atoms with E-state index in [1.54, 1.807) is 9.80 Å². The normalized spacial score (nSPS) is 20.3. The number of amides is 5. The van der Waals surface area contributed by atoms with Crippen LogP contribution in [0.5, 0.6) is 5.88 Å². The average Bonchev–Trinajstić information content (AvgIpc) is 3.84. The number of rotatable bonds is 14. The van der Waals surface area contributed by atoms with Gasteiger partial charge in [-0.25, -0.2) is 9.48 Å². The molecule has 14 heteroatoms. The summed E-state index contributed by atoms with van der Waals surface area (Å²) in [7, 11) is 0. The Labute approximate surface area is 311 Å². The minimum atomic E-state index is -0.725. The number of likely N-dealkylation sites (tertiary alicyclic amines) is 2. The number of hydrogen-bond donors (Lipinski definition) is 3. The van der Waals surface area contributed by atoms with Crippen molar-refractivity contribution in [2.45, 2.75) is 121 Å². The molecule has 3 heterocycles. The maximum Gasteiger partial charge on any atom is 0.407 e. The van der Waals surface area contributed by atoms with E-state index >= 15 is 0 Å². The molecule has 1 aromatic heterocycles. The van der Waals surface area contributed by atoms with Crippen LogP contribution in [0.2, 0.25) is 0 Å². The third kappa shape index (κ3) is 9.88. The van der Waals surface area contributed by atoms with Gasteiger partial charge in [-0.3, -0.25) is 19.2 Å². The Kier molecular flexibility index (Phi) is 13.2. The first-order chi connectivity index (χ1) is 25.8. The number of alkyl carbamates (subject to hydrolysis) is 1. The Bertz CT molecular complexity index is 1560. The molecule has 14 nitrogen and oxygen atoms in total. The highest BCUT2D eigenvalue weighted by molar-refractivity contribution is 5.96. The highest BCUT2D eigenvalue weighted by Gasteiger charge is 2.38. The van der Waals surface area contributed by atoms with Crippen molar-refractivity contribution < 1.29 is 33.4 Å². The molecule has 2 aromatic rings. The molecule has 4 fully saturated rings. The van der Waals surface area contributed by atoms with Gasteiger partial charge >= 0.3 is 6.09 Å². The predicted octanol–water partition coefficient (Wildman–Crippen LogP) is 4.11. The van der Waals surface area contributed by atoms with Gasteiger partial charge in [-0.05, 0) is 82.3 Å². The van der Waals surface area contributed by atoms with E-state index in [2.05, 4.69) is 21.0 Å². The van der Waals surface area contributed by atoms with Gasteiger partial charge in [0.25, 0.3) is 11.8 Å². The fourth-order valence-electron chi connectivity index (χ4n) is 7.76. The van der Waals surface area contributed by atoms with E-state index in [9.17, 15) is 24.0 Å². The van der Waals surface area contributed by atoms with Crippen molar-refractivity contribution in [2.75, 3.05) is 32.8 Å². The number of hydrogen-bond acceptors (Lipinski definition) is 8. The maximum atomic E-state index is 14.1. The van der Waals surface area contributed by atoms with Crippen molar-refractivity contribution in [3.05, 3.63) is 42.1 Å². The zero-order chi connectivity index (χ0) is 37.2. The number of unbranched alkanes of at least 4 members (excludes halogenated alkanes) is 1. The SMILES string of the molecule is CCCCOC(=O)NC1CCN(C(=O)C(NC(=O)c2cc(OCC(=O)N3CCCC3C(=O)NC3CCC3)n(-c3ccccc3)n2)C2CCCCC2)CC1. The lowest BCUT2D eigenvalue weighted by Gasteiger charge is -2.37. The molecule has 5 amide bonds. The van der Waals surface area contributed by atoms with Gasteiger partial charge < -0.3 is 35.2 Å². The van der Waals surface area contributed by atoms with E-state index in [1.165, 1.54) is 10.7 Å². The topological polar surface area (TPSA) is 164 Å². The molecular formula is C39H55N7O7. The summed E-state index contributed by atoms with van der Waals surface area (Å²) in [6.07, 6.45) is 11.7. The zero-order valence-electron chi connectivity index (χ0n) is 30.9. The van der Waals surface area contributed by atoms with Crippen molar-refractivity contribution in [3.8, 4) is 11.6 Å². The Morgan fingerprint density at radius 1 is 0.849 bits per heavy atom. The number of ether oxygens (including phenoxy) is 2. The molecule has 4 aliphatic rings. The second-order valence-electron chi connectivity index (χ2n) is 14.9. The van der Waals surface area contributed by atoms with Gasteiger partial charge in [-0.15, -0.1) is 0 Å². The van der Waals surface area contributed by atoms with E-state index in [0.29, 0.717) is 51.2 Å². The van der Waals surface area contributed by atoms with Gasteiger partial charge in [0.15, 0.2) is 12.3 Å². The average molecular weight is 734 g/mol. The monoisotopic (exact) mass is 733 g/mol. The van der Waals surface area contributed by atoms with Crippen molar-refractivity contribution in [3.63, 3.8) is 0 Å². The number of carbonyl (C=O) groups is 5. The molecule has 0 bridgehead atoms. The number of aromatic nitrogens is 2. The molecule has 3 N–H and O–H groups in total. The van der Waals surface area contributed by atoms with E-state index in [1.807, 2.05) is 37.3 Å². The molecule has 2 unspecified atom stereocenters. The smallest absolute Gasteiger partial charge is 0.407 e. The van der Waals surface area contributed by atoms with Gasteiger partial charge in [-0.2, -0.15) is 5.10 Å². The van der Waals surface area contributed by atoms with Crippen molar-refractivity contribution in [2.24, 2.45) is 5.92 Å². The maximum absolute atomic E-state index is 14.1. The first-order valence-electron chi connectivity index (χ1n) is 19.7. The molecule has 2 saturated carbocycles. The molecular weight excluding hydrogens is 678 g/mol. The lowest BCUT2D eigenvalue weighted by Crippen LogP contribution is -2.55. The largest absolute Gasteiger partial charge is 0.467 e. The molecule has 6 rings (SSSR count). The molecule has 53 heavy (non-hydrogen) atoms. The molecule has 0 spiro atoms. The lowest BCUT2D eigenvalue weighted by molar-refractivity contribution is -0.140. The summed E-state index contributed by atoms with van der Waals surface area (Å²) in [4.78, 5) is 70.0. The van der Waals surface area contributed by atoms with Gasteiger partial charge in [0, 0.05) is 37.8 Å². The second kappa shape index (κ2) is 18.4. The molecule has 0 radical (unpaired) electrons. The van der Waals surface area contributed by atoms with Crippen LogP contribution in [-0.4, -0.2) is 106 Å². The predicted molar refractivity (Wildman–Crippen MR) is 196 cm³/mol. The van der Waals surface area contributed by atoms with Crippen molar-refractivity contribution in [1.29, 1.82) is 0 Å². The Morgan fingerprint density at radius 3 is 2.28 bits per heavy atom. The van der Waals surface area contributed by atoms with Crippen LogP contribution in [0.4, 0.5) is 4.79 Å². The van der Waals surface area contributed by atoms with Gasteiger partial charge in [0.1, 0.15) is 12.1 Å². The van der Waals surface area contributed by atoms with E-state index in [-0.39, 0.29) is 53.9 Å². The van der Waals surface area contributed by atoms with E-state index in [0.717, 1.165) is 70.6 Å². The van der Waals surface area contributed by atoms with Gasteiger partial charge in [-0.1, -0.05) is 50.8 Å². The molecule has 1 aromatic carbocycles. The van der Waals surface area contributed by atoms with Crippen LogP contribution in [-0.2, 0) is 19.1 Å².